The zero-order valence-electron chi connectivity index (χ0n) is 37.2. The van der Waals surface area contributed by atoms with Crippen LogP contribution >= 0.6 is 0 Å². The van der Waals surface area contributed by atoms with Gasteiger partial charge in [0.2, 0.25) is 11.8 Å². The molecule has 3 aromatic carbocycles. The van der Waals surface area contributed by atoms with Crippen LogP contribution in [0.2, 0.25) is 0 Å². The largest absolute Gasteiger partial charge is 0.471 e. The summed E-state index contributed by atoms with van der Waals surface area (Å²) in [4.78, 5) is 9.24. The van der Waals surface area contributed by atoms with Crippen molar-refractivity contribution in [1.29, 1.82) is 0 Å². The standard InChI is InChI=1S/C51H47F3N12O2/c1-2-45-61-64(49-44-18-9-8-17-43(44)48(62-65(45)49)68-33-39-14-10-13-38(58-39)31-56-26-23-34-11-4-3-5-12-34)40-21-19-35(20-22-40)24-25-55-28-36-27-37(30-57-29-36)32-67-47-42-16-7-6-15-41(42)46-59-60-50(51(52,53)54)66(46)63-47/h3-17,19-22,27,29-30,55-56H,2,18,23-26,28,31-33H2,1H3. The van der Waals surface area contributed by atoms with Crippen molar-refractivity contribution in [1.82, 2.24) is 45.4 Å². The summed E-state index contributed by atoms with van der Waals surface area (Å²) < 4.78 is 54.2. The lowest BCUT2D eigenvalue weighted by Crippen LogP contribution is -2.33. The molecule has 2 aliphatic heterocycles. The number of amidine groups is 1. The molecule has 0 saturated carbocycles. The first-order valence-corrected chi connectivity index (χ1v) is 22.5. The third-order valence-electron chi connectivity index (χ3n) is 11.7. The van der Waals surface area contributed by atoms with Gasteiger partial charge in [0.25, 0.3) is 5.82 Å². The molecular formula is C51H47F3N12O2. The van der Waals surface area contributed by atoms with Crippen LogP contribution in [-0.4, -0.2) is 59.6 Å². The summed E-state index contributed by atoms with van der Waals surface area (Å²) in [5, 5.41) is 33.2. The lowest BCUT2D eigenvalue weighted by atomic mass is 9.96. The number of benzene rings is 3. The maximum Gasteiger partial charge on any atom is 0.453 e. The molecule has 0 radical (unpaired) electrons. The van der Waals surface area contributed by atoms with Crippen LogP contribution in [0.1, 0.15) is 59.2 Å². The molecule has 0 spiro atoms. The van der Waals surface area contributed by atoms with Crippen molar-refractivity contribution in [2.24, 2.45) is 10.2 Å². The predicted octanol–water partition coefficient (Wildman–Crippen LogP) is 8.82. The highest BCUT2D eigenvalue weighted by atomic mass is 19.4. The van der Waals surface area contributed by atoms with Crippen LogP contribution in [-0.2, 0) is 50.1 Å². The molecule has 0 unspecified atom stereocenters. The Bertz CT molecular complexity index is 3110. The minimum atomic E-state index is -4.73. The summed E-state index contributed by atoms with van der Waals surface area (Å²) in [6, 6.07) is 33.7. The van der Waals surface area contributed by atoms with Gasteiger partial charge in [0, 0.05) is 59.4 Å². The molecule has 0 atom stereocenters. The highest BCUT2D eigenvalue weighted by Gasteiger charge is 2.39. The number of alkyl halides is 3. The van der Waals surface area contributed by atoms with Crippen molar-refractivity contribution in [3.63, 3.8) is 0 Å². The summed E-state index contributed by atoms with van der Waals surface area (Å²) in [6.45, 7) is 5.21. The SMILES string of the molecule is CCC1=NN(c2ccc(CCNCc3cncc(COc4nn5c(C(F)(F)F)nnc5c5ccccc45)c3)cc2)C2=C3CC=CC=C3C(OCc3cccc(CNCCc4ccccc4)n3)=NN12. The van der Waals surface area contributed by atoms with Crippen LogP contribution in [0, 0.1) is 0 Å². The summed E-state index contributed by atoms with van der Waals surface area (Å²) >= 11 is 0. The molecule has 4 aromatic heterocycles. The predicted molar refractivity (Wildman–Crippen MR) is 253 cm³/mol. The summed E-state index contributed by atoms with van der Waals surface area (Å²) in [5.74, 6) is 1.08. The summed E-state index contributed by atoms with van der Waals surface area (Å²) in [6.07, 6.45) is 8.07. The highest BCUT2D eigenvalue weighted by molar-refractivity contribution is 6.03. The second-order valence-corrected chi connectivity index (χ2v) is 16.4. The number of aromatic nitrogens is 6. The number of nitrogens with zero attached hydrogens (tertiary/aromatic N) is 10. The number of allylic oxidation sites excluding steroid dienone is 3. The molecule has 14 nitrogen and oxygen atoms in total. The van der Waals surface area contributed by atoms with Crippen molar-refractivity contribution >= 4 is 33.8 Å². The van der Waals surface area contributed by atoms with Gasteiger partial charge in [-0.05, 0) is 91.5 Å². The topological polar surface area (TPSA) is 143 Å². The number of nitrogens with one attached hydrogen (secondary N) is 2. The average Bonchev–Trinajstić information content (AvgIpc) is 3.99. The van der Waals surface area contributed by atoms with Crippen LogP contribution in [0.15, 0.2) is 161 Å². The molecule has 68 heavy (non-hydrogen) atoms. The first-order valence-electron chi connectivity index (χ1n) is 22.5. The second kappa shape index (κ2) is 19.6. The van der Waals surface area contributed by atoms with Gasteiger partial charge < -0.3 is 20.1 Å². The van der Waals surface area contributed by atoms with Gasteiger partial charge in [0.05, 0.1) is 17.1 Å². The number of hydrazone groups is 2. The zero-order chi connectivity index (χ0) is 46.5. The van der Waals surface area contributed by atoms with E-state index in [0.717, 1.165) is 76.0 Å². The third kappa shape index (κ3) is 9.57. The number of hydrogen-bond donors (Lipinski definition) is 2. The number of anilines is 1. The van der Waals surface area contributed by atoms with Gasteiger partial charge in [-0.2, -0.15) is 27.8 Å². The zero-order valence-corrected chi connectivity index (χ0v) is 37.2. The van der Waals surface area contributed by atoms with E-state index in [9.17, 15) is 13.2 Å². The Balaban J connectivity index is 0.739. The average molecular weight is 917 g/mol. The van der Waals surface area contributed by atoms with Crippen molar-refractivity contribution in [3.8, 4) is 5.88 Å². The van der Waals surface area contributed by atoms with Crippen LogP contribution in [0.5, 0.6) is 5.88 Å². The smallest absolute Gasteiger partial charge is 0.453 e. The Morgan fingerprint density at radius 2 is 1.46 bits per heavy atom. The lowest BCUT2D eigenvalue weighted by molar-refractivity contribution is -0.146. The Morgan fingerprint density at radius 1 is 0.706 bits per heavy atom. The Labute approximate surface area is 390 Å². The van der Waals surface area contributed by atoms with Gasteiger partial charge in [0.15, 0.2) is 17.3 Å². The molecule has 10 rings (SSSR count). The molecule has 7 aromatic rings. The fourth-order valence-electron chi connectivity index (χ4n) is 8.32. The Morgan fingerprint density at radius 3 is 2.26 bits per heavy atom. The van der Waals surface area contributed by atoms with Crippen LogP contribution in [0.25, 0.3) is 16.4 Å². The van der Waals surface area contributed by atoms with Gasteiger partial charge >= 0.3 is 6.18 Å². The number of ether oxygens (including phenoxy) is 2. The van der Waals surface area contributed by atoms with Crippen molar-refractivity contribution in [2.75, 3.05) is 18.1 Å². The van der Waals surface area contributed by atoms with E-state index in [4.69, 9.17) is 24.7 Å². The quantitative estimate of drug-likeness (QED) is 0.0847. The van der Waals surface area contributed by atoms with E-state index in [1.807, 2.05) is 46.4 Å². The molecule has 17 heteroatoms. The molecular weight excluding hydrogens is 870 g/mol. The summed E-state index contributed by atoms with van der Waals surface area (Å²) in [5.41, 5.74) is 8.89. The fraction of sp³-hybridized carbons (Fsp3) is 0.235. The molecule has 344 valence electrons. The normalized spacial score (nSPS) is 14.6. The van der Waals surface area contributed by atoms with Crippen LogP contribution in [0.4, 0.5) is 18.9 Å². The molecule has 1 aliphatic carbocycles. The van der Waals surface area contributed by atoms with Gasteiger partial charge in [0.1, 0.15) is 13.2 Å². The first kappa shape index (κ1) is 44.1. The van der Waals surface area contributed by atoms with Crippen LogP contribution < -0.4 is 20.4 Å². The second-order valence-electron chi connectivity index (χ2n) is 16.4. The molecule has 0 saturated heterocycles. The van der Waals surface area contributed by atoms with E-state index < -0.39 is 12.0 Å². The molecule has 0 bridgehead atoms. The van der Waals surface area contributed by atoms with Gasteiger partial charge in [-0.15, -0.1) is 20.4 Å². The highest BCUT2D eigenvalue weighted by Crippen LogP contribution is 2.40. The van der Waals surface area contributed by atoms with Crippen LogP contribution in [0.3, 0.4) is 0 Å². The maximum absolute atomic E-state index is 13.7. The third-order valence-corrected chi connectivity index (χ3v) is 11.7. The number of pyridine rings is 2. The van der Waals surface area contributed by atoms with Crippen molar-refractivity contribution < 1.29 is 22.6 Å². The van der Waals surface area contributed by atoms with Gasteiger partial charge in [-0.25, -0.2) is 5.01 Å². The molecule has 0 amide bonds. The minimum Gasteiger partial charge on any atom is -0.471 e. The Kier molecular flexibility index (Phi) is 12.7. The number of rotatable bonds is 17. The molecule has 0 fully saturated rings. The van der Waals surface area contributed by atoms with E-state index in [1.165, 1.54) is 5.56 Å². The van der Waals surface area contributed by atoms with Crippen molar-refractivity contribution in [2.45, 2.75) is 65.1 Å². The van der Waals surface area contributed by atoms with E-state index in [1.54, 1.807) is 36.7 Å². The van der Waals surface area contributed by atoms with Gasteiger partial charge in [-0.1, -0.05) is 85.8 Å². The first-order chi connectivity index (χ1) is 33.3. The Hall–Kier alpha value is -7.76. The number of hydrogen-bond acceptors (Lipinski definition) is 13. The van der Waals surface area contributed by atoms with Crippen molar-refractivity contribution in [3.05, 3.63) is 190 Å². The lowest BCUT2D eigenvalue weighted by Gasteiger charge is -2.30. The molecule has 2 N–H and O–H groups in total. The monoisotopic (exact) mass is 916 g/mol. The van der Waals surface area contributed by atoms with E-state index in [2.05, 4.69) is 98.5 Å². The van der Waals surface area contributed by atoms with Gasteiger partial charge in [-0.3, -0.25) is 9.97 Å². The van der Waals surface area contributed by atoms with E-state index >= 15 is 0 Å². The number of fused-ring (bicyclic) bond motifs is 5. The minimum absolute atomic E-state index is 0.00123. The maximum atomic E-state index is 13.7. The number of halogens is 3. The molecule has 6 heterocycles. The van der Waals surface area contributed by atoms with E-state index in [-0.39, 0.29) is 24.7 Å². The fourth-order valence-corrected chi connectivity index (χ4v) is 8.32. The summed E-state index contributed by atoms with van der Waals surface area (Å²) in [7, 11) is 0. The molecule has 3 aliphatic rings. The van der Waals surface area contributed by atoms with E-state index in [0.29, 0.717) is 53.7 Å².